The molecule has 0 radical (unpaired) electrons. The van der Waals surface area contributed by atoms with Crippen LogP contribution in [-0.4, -0.2) is 4.57 Å². The summed E-state index contributed by atoms with van der Waals surface area (Å²) >= 11 is 0. The Bertz CT molecular complexity index is 2670. The van der Waals surface area contributed by atoms with Gasteiger partial charge in [0.05, 0.1) is 11.0 Å². The lowest BCUT2D eigenvalue weighted by atomic mass is 9.82. The van der Waals surface area contributed by atoms with Crippen molar-refractivity contribution in [3.8, 4) is 39.1 Å². The van der Waals surface area contributed by atoms with Gasteiger partial charge in [0.2, 0.25) is 0 Å². The average Bonchev–Trinajstić information content (AvgIpc) is 3.57. The van der Waals surface area contributed by atoms with E-state index in [2.05, 4.69) is 182 Å². The third kappa shape index (κ3) is 3.73. The normalized spacial score (nSPS) is 13.4. The molecule has 226 valence electrons. The van der Waals surface area contributed by atoms with Crippen LogP contribution in [0.5, 0.6) is 0 Å². The van der Waals surface area contributed by atoms with Crippen molar-refractivity contribution in [2.45, 2.75) is 19.3 Å². The van der Waals surface area contributed by atoms with Gasteiger partial charge in [0, 0.05) is 21.9 Å². The molecule has 9 aromatic rings. The van der Waals surface area contributed by atoms with E-state index < -0.39 is 0 Å². The first kappa shape index (κ1) is 27.2. The number of benzene rings is 8. The maximum Gasteiger partial charge on any atom is 0.0547 e. The third-order valence-electron chi connectivity index (χ3n) is 10.8. The molecular weight excluding hydrogens is 579 g/mol. The van der Waals surface area contributed by atoms with Crippen LogP contribution in [0.15, 0.2) is 164 Å². The monoisotopic (exact) mass is 611 g/mol. The zero-order chi connectivity index (χ0) is 32.0. The molecule has 10 rings (SSSR count). The number of hydrogen-bond acceptors (Lipinski definition) is 0. The third-order valence-corrected chi connectivity index (χ3v) is 10.8. The van der Waals surface area contributed by atoms with Crippen LogP contribution in [0.1, 0.15) is 25.0 Å². The van der Waals surface area contributed by atoms with Crippen molar-refractivity contribution in [3.63, 3.8) is 0 Å². The number of hydrogen-bond donors (Lipinski definition) is 0. The molecule has 0 spiro atoms. The van der Waals surface area contributed by atoms with Gasteiger partial charge in [0.25, 0.3) is 0 Å². The van der Waals surface area contributed by atoms with Crippen LogP contribution in [0.2, 0.25) is 0 Å². The Morgan fingerprint density at radius 3 is 1.58 bits per heavy atom. The second kappa shape index (κ2) is 10.0. The van der Waals surface area contributed by atoms with Gasteiger partial charge < -0.3 is 4.57 Å². The summed E-state index contributed by atoms with van der Waals surface area (Å²) in [7, 11) is 0. The topological polar surface area (TPSA) is 4.93 Å². The van der Waals surface area contributed by atoms with Gasteiger partial charge in [0.1, 0.15) is 0 Å². The summed E-state index contributed by atoms with van der Waals surface area (Å²) < 4.78 is 2.46. The van der Waals surface area contributed by atoms with Crippen molar-refractivity contribution in [3.05, 3.63) is 175 Å². The number of nitrogens with zero attached hydrogens (tertiary/aromatic N) is 1. The van der Waals surface area contributed by atoms with Crippen LogP contribution in [0, 0.1) is 0 Å². The zero-order valence-electron chi connectivity index (χ0n) is 27.0. The largest absolute Gasteiger partial charge is 0.309 e. The van der Waals surface area contributed by atoms with Crippen LogP contribution in [-0.2, 0) is 5.41 Å². The second-order valence-corrected chi connectivity index (χ2v) is 13.7. The predicted octanol–water partition coefficient (Wildman–Crippen LogP) is 12.7. The first-order chi connectivity index (χ1) is 23.6. The van der Waals surface area contributed by atoms with Crippen LogP contribution in [0.25, 0.3) is 82.4 Å². The molecule has 0 bridgehead atoms. The Balaban J connectivity index is 1.31. The van der Waals surface area contributed by atoms with Crippen LogP contribution < -0.4 is 0 Å². The van der Waals surface area contributed by atoms with Gasteiger partial charge >= 0.3 is 0 Å². The maximum atomic E-state index is 2.49. The van der Waals surface area contributed by atoms with E-state index in [-0.39, 0.29) is 5.41 Å². The molecule has 0 atom stereocenters. The lowest BCUT2D eigenvalue weighted by Crippen LogP contribution is -2.14. The molecule has 0 unspecified atom stereocenters. The highest BCUT2D eigenvalue weighted by atomic mass is 15.0. The fraction of sp³-hybridized carbons (Fsp3) is 0.0638. The van der Waals surface area contributed by atoms with E-state index >= 15 is 0 Å². The minimum atomic E-state index is -0.0709. The fourth-order valence-electron chi connectivity index (χ4n) is 8.58. The summed E-state index contributed by atoms with van der Waals surface area (Å²) in [6, 6.07) is 60.5. The first-order valence-corrected chi connectivity index (χ1v) is 16.9. The molecular formula is C47H33N. The molecule has 0 fully saturated rings. The number of para-hydroxylation sites is 1. The SMILES string of the molecule is CC1(C)c2ccccc2-c2cc3c(cc21)c1cc(-c2c4ccccc4c(-c4ccccc4)c4ccccc24)ccc1n3-c1ccccc1. The molecule has 0 N–H and O–H groups in total. The van der Waals surface area contributed by atoms with Crippen LogP contribution in [0.3, 0.4) is 0 Å². The smallest absolute Gasteiger partial charge is 0.0547 e. The lowest BCUT2D eigenvalue weighted by Gasteiger charge is -2.21. The Hall–Kier alpha value is -5.92. The molecule has 1 heteroatoms. The highest BCUT2D eigenvalue weighted by molar-refractivity contribution is 6.22. The number of rotatable bonds is 3. The minimum absolute atomic E-state index is 0.0709. The van der Waals surface area contributed by atoms with E-state index in [0.717, 1.165) is 0 Å². The quantitative estimate of drug-likeness (QED) is 0.175. The second-order valence-electron chi connectivity index (χ2n) is 13.7. The van der Waals surface area contributed by atoms with Crippen molar-refractivity contribution in [2.24, 2.45) is 0 Å². The summed E-state index contributed by atoms with van der Waals surface area (Å²) in [5.41, 5.74) is 14.1. The van der Waals surface area contributed by atoms with Crippen molar-refractivity contribution >= 4 is 43.4 Å². The highest BCUT2D eigenvalue weighted by Gasteiger charge is 2.36. The van der Waals surface area contributed by atoms with Gasteiger partial charge in [-0.2, -0.15) is 0 Å². The molecule has 1 aliphatic carbocycles. The first-order valence-electron chi connectivity index (χ1n) is 16.9. The van der Waals surface area contributed by atoms with Gasteiger partial charge in [-0.15, -0.1) is 0 Å². The van der Waals surface area contributed by atoms with E-state index in [1.807, 2.05) is 0 Å². The number of aromatic nitrogens is 1. The summed E-state index contributed by atoms with van der Waals surface area (Å²) in [6.45, 7) is 4.75. The van der Waals surface area contributed by atoms with Crippen molar-refractivity contribution in [2.75, 3.05) is 0 Å². The molecule has 0 aliphatic heterocycles. The van der Waals surface area contributed by atoms with Gasteiger partial charge in [-0.3, -0.25) is 0 Å². The van der Waals surface area contributed by atoms with E-state index in [1.165, 1.54) is 93.5 Å². The highest BCUT2D eigenvalue weighted by Crippen LogP contribution is 2.51. The summed E-state index contributed by atoms with van der Waals surface area (Å²) in [6.07, 6.45) is 0. The van der Waals surface area contributed by atoms with E-state index in [4.69, 9.17) is 0 Å². The summed E-state index contributed by atoms with van der Waals surface area (Å²) in [5.74, 6) is 0. The Morgan fingerprint density at radius 1 is 0.375 bits per heavy atom. The van der Waals surface area contributed by atoms with E-state index in [1.54, 1.807) is 0 Å². The average molecular weight is 612 g/mol. The van der Waals surface area contributed by atoms with E-state index in [0.29, 0.717) is 0 Å². The predicted molar refractivity (Wildman–Crippen MR) is 204 cm³/mol. The maximum absolute atomic E-state index is 2.49. The van der Waals surface area contributed by atoms with Gasteiger partial charge in [-0.1, -0.05) is 141 Å². The molecule has 0 amide bonds. The molecule has 48 heavy (non-hydrogen) atoms. The van der Waals surface area contributed by atoms with Crippen LogP contribution >= 0.6 is 0 Å². The van der Waals surface area contributed by atoms with E-state index in [9.17, 15) is 0 Å². The molecule has 0 saturated heterocycles. The lowest BCUT2D eigenvalue weighted by molar-refractivity contribution is 0.661. The van der Waals surface area contributed by atoms with Gasteiger partial charge in [-0.05, 0) is 102 Å². The van der Waals surface area contributed by atoms with Gasteiger partial charge in [-0.25, -0.2) is 0 Å². The molecule has 0 saturated carbocycles. The van der Waals surface area contributed by atoms with Gasteiger partial charge in [0.15, 0.2) is 0 Å². The molecule has 1 nitrogen and oxygen atoms in total. The molecule has 8 aromatic carbocycles. The Labute approximate surface area is 280 Å². The minimum Gasteiger partial charge on any atom is -0.309 e. The molecule has 1 aromatic heterocycles. The summed E-state index contributed by atoms with van der Waals surface area (Å²) in [5, 5.41) is 7.69. The molecule has 1 aliphatic rings. The van der Waals surface area contributed by atoms with Crippen LogP contribution in [0.4, 0.5) is 0 Å². The zero-order valence-corrected chi connectivity index (χ0v) is 27.0. The number of fused-ring (bicyclic) bond motifs is 8. The molecule has 1 heterocycles. The Kier molecular flexibility index (Phi) is 5.69. The standard InChI is InChI=1S/C47H33N/c1-47(2)41-24-14-13-19-33(41)38-29-44-40(28-42(38)47)39-27-31(25-26-43(39)48(44)32-17-7-4-8-18-32)46-36-22-11-9-20-34(36)45(30-15-5-3-6-16-30)35-21-10-12-23-37(35)46/h3-29H,1-2H3. The Morgan fingerprint density at radius 2 is 0.917 bits per heavy atom. The van der Waals surface area contributed by atoms with Crippen molar-refractivity contribution in [1.29, 1.82) is 0 Å². The fourth-order valence-corrected chi connectivity index (χ4v) is 8.58. The van der Waals surface area contributed by atoms with Crippen molar-refractivity contribution < 1.29 is 0 Å². The van der Waals surface area contributed by atoms with Crippen molar-refractivity contribution in [1.82, 2.24) is 4.57 Å². The summed E-state index contributed by atoms with van der Waals surface area (Å²) in [4.78, 5) is 0.